The van der Waals surface area contributed by atoms with Crippen LogP contribution in [0.25, 0.3) is 0 Å². The number of amides is 2. The van der Waals surface area contributed by atoms with Gasteiger partial charge in [-0.1, -0.05) is 32.4 Å². The molecule has 190 valence electrons. The molecule has 35 heavy (non-hydrogen) atoms. The topological polar surface area (TPSA) is 95.5 Å². The first-order valence-corrected chi connectivity index (χ1v) is 13.8. The molecule has 3 aliphatic carbocycles. The van der Waals surface area contributed by atoms with Gasteiger partial charge in [-0.05, 0) is 104 Å². The molecule has 9 atom stereocenters. The molecular formula is C29H40N2O4. The Bertz CT molecular complexity index is 966. The van der Waals surface area contributed by atoms with Gasteiger partial charge in [-0.15, -0.1) is 0 Å². The number of nitrogens with one attached hydrogen (secondary N) is 2. The van der Waals surface area contributed by atoms with Crippen molar-refractivity contribution in [3.8, 4) is 0 Å². The lowest BCUT2D eigenvalue weighted by Crippen LogP contribution is -2.34. The zero-order valence-electron chi connectivity index (χ0n) is 21.0. The molecule has 6 heteroatoms. The fourth-order valence-corrected chi connectivity index (χ4v) is 8.48. The van der Waals surface area contributed by atoms with Gasteiger partial charge in [0.05, 0.1) is 6.04 Å². The molecule has 0 aromatic rings. The van der Waals surface area contributed by atoms with Gasteiger partial charge in [0, 0.05) is 6.54 Å². The highest BCUT2D eigenvalue weighted by atomic mass is 16.3. The van der Waals surface area contributed by atoms with E-state index in [0.717, 1.165) is 42.4 Å². The van der Waals surface area contributed by atoms with E-state index < -0.39 is 11.9 Å². The van der Waals surface area contributed by atoms with E-state index in [-0.39, 0.29) is 28.9 Å². The molecule has 0 aromatic carbocycles. The van der Waals surface area contributed by atoms with Crippen LogP contribution in [0.4, 0.5) is 0 Å². The number of fused-ring (bicyclic) bond motifs is 7. The lowest BCUT2D eigenvalue weighted by Gasteiger charge is -2.42. The maximum atomic E-state index is 12.8. The average molecular weight is 481 g/mol. The van der Waals surface area contributed by atoms with Gasteiger partial charge in [0.15, 0.2) is 5.78 Å². The summed E-state index contributed by atoms with van der Waals surface area (Å²) in [5, 5.41) is 16.3. The maximum Gasteiger partial charge on any atom is 0.259 e. The number of Topliss-reactive ketones (excluding diaryl/α,β-unsaturated/α-hetero) is 1. The predicted octanol–water partition coefficient (Wildman–Crippen LogP) is 4.24. The fourth-order valence-electron chi connectivity index (χ4n) is 8.48. The van der Waals surface area contributed by atoms with E-state index in [9.17, 15) is 19.5 Å². The van der Waals surface area contributed by atoms with Crippen molar-refractivity contribution < 1.29 is 19.5 Å². The normalized spacial score (nSPS) is 45.8. The van der Waals surface area contributed by atoms with Crippen molar-refractivity contribution in [2.24, 2.45) is 47.3 Å². The Morgan fingerprint density at radius 3 is 2.66 bits per heavy atom. The number of hydrogen-bond acceptors (Lipinski definition) is 4. The van der Waals surface area contributed by atoms with Crippen molar-refractivity contribution in [3.63, 3.8) is 0 Å². The number of carbonyl (C=O) groups is 3. The van der Waals surface area contributed by atoms with Crippen LogP contribution in [0.2, 0.25) is 0 Å². The second kappa shape index (κ2) is 9.94. The first-order valence-electron chi connectivity index (χ1n) is 13.8. The number of aliphatic hydroxyl groups excluding tert-OH is 1. The van der Waals surface area contributed by atoms with E-state index in [2.05, 4.69) is 24.5 Å². The quantitative estimate of drug-likeness (QED) is 0.489. The van der Waals surface area contributed by atoms with E-state index in [1.54, 1.807) is 12.2 Å². The summed E-state index contributed by atoms with van der Waals surface area (Å²) in [6.07, 6.45) is 15.3. The van der Waals surface area contributed by atoms with Crippen LogP contribution in [0.3, 0.4) is 0 Å². The second-order valence-electron chi connectivity index (χ2n) is 11.7. The van der Waals surface area contributed by atoms with Gasteiger partial charge in [0.1, 0.15) is 11.3 Å². The standard InChI is InChI=1S/C29H40N2O4/c1-3-17-14-19-15-22-20-6-4-8-25(33)30-13-5-7-23-28(34)27(29(35)31-23)24(32)12-10-18(20)9-11-21(22)26(19)16(17)2/h4,8,10,12,16-23,26,32H,3,5-7,9,11,13-15H2,1-2H3,(H,30,33)(H,31,35)/b8-4-,12-10-,27-24-/t16-,17+,18-,19+,20-,21+,22+,23+,26+/m1/s1. The summed E-state index contributed by atoms with van der Waals surface area (Å²) in [7, 11) is 0. The van der Waals surface area contributed by atoms with Crippen LogP contribution >= 0.6 is 0 Å². The van der Waals surface area contributed by atoms with Crippen LogP contribution in [0.1, 0.15) is 65.2 Å². The SMILES string of the molecule is CC[C@H]1C[C@H]2C[C@@H]3[C@H](CC[C@@H]4/C=C\C(O)=C5\C(=O)N[C@@H](CCCNC(=O)/C=C\C[C@@H]34)C5=O)[C@H]2[C@@H]1C. The van der Waals surface area contributed by atoms with Crippen LogP contribution in [0.15, 0.2) is 35.6 Å². The molecule has 1 saturated heterocycles. The monoisotopic (exact) mass is 480 g/mol. The molecule has 2 bridgehead atoms. The van der Waals surface area contributed by atoms with Crippen LogP contribution < -0.4 is 10.6 Å². The third kappa shape index (κ3) is 4.49. The van der Waals surface area contributed by atoms with Gasteiger partial charge in [-0.25, -0.2) is 0 Å². The maximum absolute atomic E-state index is 12.8. The number of rotatable bonds is 1. The van der Waals surface area contributed by atoms with E-state index in [1.165, 1.54) is 25.7 Å². The molecule has 5 rings (SSSR count). The van der Waals surface area contributed by atoms with Crippen molar-refractivity contribution in [2.75, 3.05) is 6.54 Å². The minimum atomic E-state index is -0.636. The van der Waals surface area contributed by atoms with Crippen LogP contribution in [0, 0.1) is 47.3 Å². The smallest absolute Gasteiger partial charge is 0.259 e. The molecule has 0 aromatic heterocycles. The number of ketones is 1. The van der Waals surface area contributed by atoms with E-state index in [1.807, 2.05) is 12.2 Å². The third-order valence-corrected chi connectivity index (χ3v) is 10.1. The molecule has 2 heterocycles. The van der Waals surface area contributed by atoms with Crippen molar-refractivity contribution in [1.29, 1.82) is 0 Å². The molecule has 3 saturated carbocycles. The molecule has 0 unspecified atom stereocenters. The largest absolute Gasteiger partial charge is 0.507 e. The average Bonchev–Trinajstić information content (AvgIpc) is 3.45. The summed E-state index contributed by atoms with van der Waals surface area (Å²) in [5.74, 6) is 4.12. The highest BCUT2D eigenvalue weighted by Crippen LogP contribution is 2.62. The minimum absolute atomic E-state index is 0.0979. The Morgan fingerprint density at radius 2 is 1.86 bits per heavy atom. The first kappa shape index (κ1) is 24.3. The predicted molar refractivity (Wildman–Crippen MR) is 134 cm³/mol. The van der Waals surface area contributed by atoms with Gasteiger partial charge in [0.2, 0.25) is 5.91 Å². The Labute approximate surface area is 208 Å². The molecule has 6 nitrogen and oxygen atoms in total. The first-order chi connectivity index (χ1) is 16.9. The van der Waals surface area contributed by atoms with Crippen LogP contribution in [-0.2, 0) is 14.4 Å². The Balaban J connectivity index is 1.43. The molecule has 0 spiro atoms. The van der Waals surface area contributed by atoms with Crippen molar-refractivity contribution >= 4 is 17.6 Å². The lowest BCUT2D eigenvalue weighted by atomic mass is 9.63. The van der Waals surface area contributed by atoms with E-state index >= 15 is 0 Å². The summed E-state index contributed by atoms with van der Waals surface area (Å²) in [6.45, 7) is 5.25. The summed E-state index contributed by atoms with van der Waals surface area (Å²) in [4.78, 5) is 37.6. The van der Waals surface area contributed by atoms with Crippen molar-refractivity contribution in [1.82, 2.24) is 10.6 Å². The number of aliphatic hydroxyl groups is 1. The molecule has 0 radical (unpaired) electrons. The Morgan fingerprint density at radius 1 is 1.03 bits per heavy atom. The third-order valence-electron chi connectivity index (χ3n) is 10.1. The Hall–Kier alpha value is -2.37. The van der Waals surface area contributed by atoms with E-state index in [4.69, 9.17) is 0 Å². The minimum Gasteiger partial charge on any atom is -0.507 e. The summed E-state index contributed by atoms with van der Waals surface area (Å²) in [6, 6.07) is -0.636. The molecule has 2 amide bonds. The van der Waals surface area contributed by atoms with E-state index in [0.29, 0.717) is 31.2 Å². The van der Waals surface area contributed by atoms with Crippen LogP contribution in [0.5, 0.6) is 0 Å². The van der Waals surface area contributed by atoms with Gasteiger partial charge in [0.25, 0.3) is 5.91 Å². The lowest BCUT2D eigenvalue weighted by molar-refractivity contribution is -0.118. The summed E-state index contributed by atoms with van der Waals surface area (Å²) in [5.41, 5.74) is -0.123. The molecule has 5 aliphatic rings. The van der Waals surface area contributed by atoms with Gasteiger partial charge in [-0.2, -0.15) is 0 Å². The highest BCUT2D eigenvalue weighted by molar-refractivity contribution is 6.27. The highest BCUT2D eigenvalue weighted by Gasteiger charge is 2.55. The summed E-state index contributed by atoms with van der Waals surface area (Å²) < 4.78 is 0. The zero-order chi connectivity index (χ0) is 24.7. The molecule has 4 fully saturated rings. The second-order valence-corrected chi connectivity index (χ2v) is 11.7. The molecular weight excluding hydrogens is 440 g/mol. The van der Waals surface area contributed by atoms with Crippen molar-refractivity contribution in [2.45, 2.75) is 71.3 Å². The number of allylic oxidation sites excluding steroid dienone is 3. The van der Waals surface area contributed by atoms with Crippen LogP contribution in [-0.4, -0.2) is 35.3 Å². The number of hydrogen-bond donors (Lipinski definition) is 3. The van der Waals surface area contributed by atoms with Gasteiger partial charge >= 0.3 is 0 Å². The number of carbonyl (C=O) groups excluding carboxylic acids is 3. The molecule has 3 N–H and O–H groups in total. The fraction of sp³-hybridized carbons (Fsp3) is 0.690. The van der Waals surface area contributed by atoms with Gasteiger partial charge in [-0.3, -0.25) is 14.4 Å². The van der Waals surface area contributed by atoms with Crippen molar-refractivity contribution in [3.05, 3.63) is 35.6 Å². The van der Waals surface area contributed by atoms with Gasteiger partial charge < -0.3 is 15.7 Å². The Kier molecular flexibility index (Phi) is 6.91. The zero-order valence-corrected chi connectivity index (χ0v) is 21.0. The molecule has 2 aliphatic heterocycles. The summed E-state index contributed by atoms with van der Waals surface area (Å²) >= 11 is 0.